The van der Waals surface area contributed by atoms with Gasteiger partial charge in [-0.2, -0.15) is 0 Å². The summed E-state index contributed by atoms with van der Waals surface area (Å²) < 4.78 is 10.3. The highest BCUT2D eigenvalue weighted by Gasteiger charge is 2.13. The lowest BCUT2D eigenvalue weighted by Crippen LogP contribution is -2.12. The number of ether oxygens (including phenoxy) is 2. The molecule has 0 bridgehead atoms. The number of carbonyl (C=O) groups excluding carboxylic acids is 1. The first kappa shape index (κ1) is 10.2. The second kappa shape index (κ2) is 4.45. The van der Waals surface area contributed by atoms with Gasteiger partial charge in [0.05, 0.1) is 25.4 Å². The van der Waals surface area contributed by atoms with Crippen LogP contribution in [0.1, 0.15) is 28.4 Å². The van der Waals surface area contributed by atoms with E-state index in [-0.39, 0.29) is 5.97 Å². The molecule has 0 saturated heterocycles. The number of rotatable bonds is 2. The summed E-state index contributed by atoms with van der Waals surface area (Å²) in [6.45, 7) is 3.61. The highest BCUT2D eigenvalue weighted by molar-refractivity contribution is 5.89. The van der Waals surface area contributed by atoms with Crippen molar-refractivity contribution in [2.45, 2.75) is 20.0 Å². The average molecular weight is 206 g/mol. The minimum absolute atomic E-state index is 0.244. The third kappa shape index (κ3) is 2.18. The van der Waals surface area contributed by atoms with E-state index in [0.29, 0.717) is 18.8 Å². The van der Waals surface area contributed by atoms with E-state index in [0.717, 1.165) is 13.0 Å². The van der Waals surface area contributed by atoms with E-state index in [2.05, 4.69) is 0 Å². The molecule has 1 aromatic carbocycles. The molecule has 3 heteroatoms. The van der Waals surface area contributed by atoms with E-state index in [1.807, 2.05) is 19.1 Å². The molecule has 0 N–H and O–H groups in total. The molecule has 0 aliphatic carbocycles. The first-order valence-electron chi connectivity index (χ1n) is 5.18. The standard InChI is InChI=1S/C12H14O3/c1-2-15-12(13)10-3-4-11-8-14-6-5-9(11)7-10/h3-4,7H,2,5-6,8H2,1H3. The molecule has 0 atom stereocenters. The van der Waals surface area contributed by atoms with Crippen molar-refractivity contribution < 1.29 is 14.3 Å². The van der Waals surface area contributed by atoms with Gasteiger partial charge in [0, 0.05) is 0 Å². The molecule has 2 rings (SSSR count). The lowest BCUT2D eigenvalue weighted by molar-refractivity contribution is 0.0525. The maximum absolute atomic E-state index is 11.5. The lowest BCUT2D eigenvalue weighted by atomic mass is 10.0. The van der Waals surface area contributed by atoms with Crippen LogP contribution in [0, 0.1) is 0 Å². The quantitative estimate of drug-likeness (QED) is 0.694. The van der Waals surface area contributed by atoms with Crippen LogP contribution in [0.25, 0.3) is 0 Å². The molecule has 1 aromatic rings. The zero-order valence-corrected chi connectivity index (χ0v) is 8.79. The van der Waals surface area contributed by atoms with Crippen molar-refractivity contribution in [2.75, 3.05) is 13.2 Å². The molecule has 0 amide bonds. The fraction of sp³-hybridized carbons (Fsp3) is 0.417. The van der Waals surface area contributed by atoms with Crippen molar-refractivity contribution in [1.29, 1.82) is 0 Å². The number of hydrogen-bond acceptors (Lipinski definition) is 3. The average Bonchev–Trinajstić information content (AvgIpc) is 2.29. The first-order chi connectivity index (χ1) is 7.31. The van der Waals surface area contributed by atoms with Gasteiger partial charge in [-0.05, 0) is 36.6 Å². The Balaban J connectivity index is 2.24. The van der Waals surface area contributed by atoms with Gasteiger partial charge in [-0.15, -0.1) is 0 Å². The molecule has 1 aliphatic heterocycles. The molecule has 0 aromatic heterocycles. The fourth-order valence-corrected chi connectivity index (χ4v) is 1.71. The van der Waals surface area contributed by atoms with Gasteiger partial charge in [0.25, 0.3) is 0 Å². The lowest BCUT2D eigenvalue weighted by Gasteiger charge is -2.16. The molecule has 0 radical (unpaired) electrons. The molecule has 3 nitrogen and oxygen atoms in total. The summed E-state index contributed by atoms with van der Waals surface area (Å²) in [6, 6.07) is 5.65. The molecule has 80 valence electrons. The Kier molecular flexibility index (Phi) is 3.02. The van der Waals surface area contributed by atoms with E-state index in [1.54, 1.807) is 6.07 Å². The summed E-state index contributed by atoms with van der Waals surface area (Å²) in [7, 11) is 0. The molecular formula is C12H14O3. The zero-order valence-electron chi connectivity index (χ0n) is 8.79. The second-order valence-corrected chi connectivity index (χ2v) is 3.51. The number of fused-ring (bicyclic) bond motifs is 1. The van der Waals surface area contributed by atoms with Gasteiger partial charge in [0.1, 0.15) is 0 Å². The van der Waals surface area contributed by atoms with Crippen LogP contribution in [0.5, 0.6) is 0 Å². The Hall–Kier alpha value is -1.35. The monoisotopic (exact) mass is 206 g/mol. The fourth-order valence-electron chi connectivity index (χ4n) is 1.71. The van der Waals surface area contributed by atoms with E-state index in [4.69, 9.17) is 9.47 Å². The largest absolute Gasteiger partial charge is 0.462 e. The first-order valence-corrected chi connectivity index (χ1v) is 5.18. The SMILES string of the molecule is CCOC(=O)c1ccc2c(c1)CCOC2. The molecule has 1 heterocycles. The highest BCUT2D eigenvalue weighted by atomic mass is 16.5. The van der Waals surface area contributed by atoms with Crippen molar-refractivity contribution in [3.63, 3.8) is 0 Å². The van der Waals surface area contributed by atoms with Crippen molar-refractivity contribution in [3.8, 4) is 0 Å². The van der Waals surface area contributed by atoms with Crippen LogP contribution in [0.4, 0.5) is 0 Å². The molecular weight excluding hydrogens is 192 g/mol. The van der Waals surface area contributed by atoms with Crippen LogP contribution in [-0.4, -0.2) is 19.2 Å². The number of esters is 1. The Labute approximate surface area is 89.0 Å². The minimum atomic E-state index is -0.244. The Morgan fingerprint density at radius 3 is 3.13 bits per heavy atom. The van der Waals surface area contributed by atoms with Gasteiger partial charge in [0.15, 0.2) is 0 Å². The smallest absolute Gasteiger partial charge is 0.338 e. The van der Waals surface area contributed by atoms with Gasteiger partial charge in [-0.1, -0.05) is 6.07 Å². The number of benzene rings is 1. The van der Waals surface area contributed by atoms with Gasteiger partial charge >= 0.3 is 5.97 Å². The summed E-state index contributed by atoms with van der Waals surface area (Å²) >= 11 is 0. The molecule has 15 heavy (non-hydrogen) atoms. The maximum Gasteiger partial charge on any atom is 0.338 e. The van der Waals surface area contributed by atoms with Crippen LogP contribution in [-0.2, 0) is 22.5 Å². The van der Waals surface area contributed by atoms with Crippen LogP contribution in [0.15, 0.2) is 18.2 Å². The van der Waals surface area contributed by atoms with E-state index < -0.39 is 0 Å². The minimum Gasteiger partial charge on any atom is -0.462 e. The topological polar surface area (TPSA) is 35.5 Å². The molecule has 0 unspecified atom stereocenters. The highest BCUT2D eigenvalue weighted by Crippen LogP contribution is 2.18. The molecule has 1 aliphatic rings. The van der Waals surface area contributed by atoms with Gasteiger partial charge in [0.2, 0.25) is 0 Å². The third-order valence-corrected chi connectivity index (χ3v) is 2.49. The van der Waals surface area contributed by atoms with Crippen LogP contribution in [0.2, 0.25) is 0 Å². The van der Waals surface area contributed by atoms with Crippen LogP contribution in [0.3, 0.4) is 0 Å². The zero-order chi connectivity index (χ0) is 10.7. The molecule has 0 spiro atoms. The predicted octanol–water partition coefficient (Wildman–Crippen LogP) is 1.94. The number of carbonyl (C=O) groups is 1. The van der Waals surface area contributed by atoms with Crippen molar-refractivity contribution >= 4 is 5.97 Å². The van der Waals surface area contributed by atoms with Gasteiger partial charge in [-0.25, -0.2) is 4.79 Å². The van der Waals surface area contributed by atoms with Crippen molar-refractivity contribution in [2.24, 2.45) is 0 Å². The summed E-state index contributed by atoms with van der Waals surface area (Å²) in [5.74, 6) is -0.244. The van der Waals surface area contributed by atoms with Gasteiger partial charge in [-0.3, -0.25) is 0 Å². The Morgan fingerprint density at radius 2 is 2.33 bits per heavy atom. The predicted molar refractivity (Wildman–Crippen MR) is 55.8 cm³/mol. The Morgan fingerprint density at radius 1 is 1.47 bits per heavy atom. The second-order valence-electron chi connectivity index (χ2n) is 3.51. The van der Waals surface area contributed by atoms with Crippen LogP contribution < -0.4 is 0 Å². The third-order valence-electron chi connectivity index (χ3n) is 2.49. The summed E-state index contributed by atoms with van der Waals surface area (Å²) in [5, 5.41) is 0. The summed E-state index contributed by atoms with van der Waals surface area (Å²) in [5.41, 5.74) is 3.01. The maximum atomic E-state index is 11.5. The summed E-state index contributed by atoms with van der Waals surface area (Å²) in [6.07, 6.45) is 0.878. The Bertz CT molecular complexity index is 371. The van der Waals surface area contributed by atoms with Crippen molar-refractivity contribution in [3.05, 3.63) is 34.9 Å². The normalized spacial score (nSPS) is 14.5. The molecule has 0 fully saturated rings. The molecule has 0 saturated carbocycles. The van der Waals surface area contributed by atoms with E-state index in [9.17, 15) is 4.79 Å². The van der Waals surface area contributed by atoms with E-state index in [1.165, 1.54) is 11.1 Å². The number of hydrogen-bond donors (Lipinski definition) is 0. The van der Waals surface area contributed by atoms with E-state index >= 15 is 0 Å². The summed E-state index contributed by atoms with van der Waals surface area (Å²) in [4.78, 5) is 11.5. The van der Waals surface area contributed by atoms with Crippen molar-refractivity contribution in [1.82, 2.24) is 0 Å². The van der Waals surface area contributed by atoms with Gasteiger partial charge < -0.3 is 9.47 Å². The van der Waals surface area contributed by atoms with Crippen LogP contribution >= 0.6 is 0 Å².